The number of rotatable bonds is 12. The number of urea groups is 1. The molecule has 0 aromatic heterocycles. The second-order valence-electron chi connectivity index (χ2n) is 12.1. The van der Waals surface area contributed by atoms with Crippen molar-refractivity contribution in [2.75, 3.05) is 19.9 Å². The number of benzene rings is 2. The summed E-state index contributed by atoms with van der Waals surface area (Å²) >= 11 is 0. The van der Waals surface area contributed by atoms with E-state index in [4.69, 9.17) is 4.43 Å². The molecule has 1 fully saturated rings. The molecule has 0 saturated carbocycles. The molecule has 2 atom stereocenters. The third kappa shape index (κ3) is 8.89. The molecule has 42 heavy (non-hydrogen) atoms. The lowest BCUT2D eigenvalue weighted by atomic mass is 10.1. The molecule has 12 heteroatoms. The summed E-state index contributed by atoms with van der Waals surface area (Å²) in [7, 11) is -2.51. The van der Waals surface area contributed by atoms with Gasteiger partial charge in [0, 0.05) is 26.1 Å². The Balaban J connectivity index is 2.01. The van der Waals surface area contributed by atoms with Gasteiger partial charge in [0.05, 0.1) is 25.5 Å². The number of aldehydes is 1. The third-order valence-electron chi connectivity index (χ3n) is 7.89. The SMILES string of the molecule is CC(C)(C)[Si](C)(C)O[C@H](CC=O)[C@H](CNC(=O)C(F)(F)F)N1CN(Cc2ccccc2)C(=O)N(Cc2ccccc2)C1. The van der Waals surface area contributed by atoms with E-state index in [1.54, 1.807) is 9.80 Å². The minimum absolute atomic E-state index is 0.0712. The van der Waals surface area contributed by atoms with Crippen molar-refractivity contribution in [1.82, 2.24) is 20.0 Å². The number of amides is 3. The second kappa shape index (κ2) is 13.8. The van der Waals surface area contributed by atoms with Crippen LogP contribution in [-0.4, -0.2) is 79.4 Å². The van der Waals surface area contributed by atoms with E-state index in [0.717, 1.165) is 11.1 Å². The summed E-state index contributed by atoms with van der Waals surface area (Å²) in [6, 6.07) is 17.7. The van der Waals surface area contributed by atoms with Gasteiger partial charge in [0.2, 0.25) is 0 Å². The van der Waals surface area contributed by atoms with E-state index in [9.17, 15) is 27.6 Å². The van der Waals surface area contributed by atoms with Gasteiger partial charge in [0.15, 0.2) is 8.32 Å². The van der Waals surface area contributed by atoms with Crippen LogP contribution in [-0.2, 0) is 27.1 Å². The number of carbonyl (C=O) groups is 3. The Morgan fingerprint density at radius 2 is 1.43 bits per heavy atom. The van der Waals surface area contributed by atoms with Crippen LogP contribution in [0.1, 0.15) is 38.3 Å². The summed E-state index contributed by atoms with van der Waals surface area (Å²) in [6.45, 7) is 10.3. The molecule has 1 N–H and O–H groups in total. The largest absolute Gasteiger partial charge is 0.471 e. The highest BCUT2D eigenvalue weighted by Crippen LogP contribution is 2.38. The highest BCUT2D eigenvalue weighted by molar-refractivity contribution is 6.74. The molecule has 0 bridgehead atoms. The number of hydrogen-bond acceptors (Lipinski definition) is 5. The van der Waals surface area contributed by atoms with E-state index in [1.807, 2.05) is 105 Å². The van der Waals surface area contributed by atoms with Crippen molar-refractivity contribution in [3.8, 4) is 0 Å². The lowest BCUT2D eigenvalue weighted by molar-refractivity contribution is -0.174. The monoisotopic (exact) mass is 606 g/mol. The van der Waals surface area contributed by atoms with E-state index in [2.05, 4.69) is 0 Å². The average Bonchev–Trinajstić information content (AvgIpc) is 2.91. The number of nitrogens with zero attached hydrogens (tertiary/aromatic N) is 3. The molecule has 2 aromatic rings. The topological polar surface area (TPSA) is 82.2 Å². The molecule has 2 aromatic carbocycles. The van der Waals surface area contributed by atoms with Gasteiger partial charge in [-0.25, -0.2) is 4.79 Å². The molecule has 0 aliphatic carbocycles. The Morgan fingerprint density at radius 1 is 0.952 bits per heavy atom. The Hall–Kier alpha value is -3.22. The van der Waals surface area contributed by atoms with Gasteiger partial charge < -0.3 is 24.3 Å². The lowest BCUT2D eigenvalue weighted by Gasteiger charge is -2.49. The van der Waals surface area contributed by atoms with Gasteiger partial charge in [-0.15, -0.1) is 0 Å². The molecule has 3 amide bonds. The molecular weight excluding hydrogens is 565 g/mol. The van der Waals surface area contributed by atoms with Crippen molar-refractivity contribution in [2.24, 2.45) is 0 Å². The summed E-state index contributed by atoms with van der Waals surface area (Å²) in [4.78, 5) is 42.5. The zero-order chi connectivity index (χ0) is 31.1. The van der Waals surface area contributed by atoms with E-state index >= 15 is 0 Å². The predicted octanol–water partition coefficient (Wildman–Crippen LogP) is 5.37. The summed E-state index contributed by atoms with van der Waals surface area (Å²) in [6.07, 6.45) is -5.28. The summed E-state index contributed by atoms with van der Waals surface area (Å²) in [5.41, 5.74) is 1.77. The van der Waals surface area contributed by atoms with Crippen molar-refractivity contribution in [1.29, 1.82) is 0 Å². The van der Waals surface area contributed by atoms with Crippen LogP contribution >= 0.6 is 0 Å². The zero-order valence-corrected chi connectivity index (χ0v) is 25.9. The maximum absolute atomic E-state index is 13.7. The van der Waals surface area contributed by atoms with Gasteiger partial charge in [-0.2, -0.15) is 13.2 Å². The molecule has 0 radical (unpaired) electrons. The van der Waals surface area contributed by atoms with Gasteiger partial charge in [0.25, 0.3) is 0 Å². The molecule has 1 saturated heterocycles. The molecule has 1 aliphatic rings. The van der Waals surface area contributed by atoms with E-state index < -0.39 is 39.1 Å². The van der Waals surface area contributed by atoms with Crippen LogP contribution < -0.4 is 5.32 Å². The summed E-state index contributed by atoms with van der Waals surface area (Å²) in [5.74, 6) is -2.07. The third-order valence-corrected chi connectivity index (χ3v) is 12.4. The smallest absolute Gasteiger partial charge is 0.412 e. The minimum Gasteiger partial charge on any atom is -0.412 e. The second-order valence-corrected chi connectivity index (χ2v) is 16.9. The fourth-order valence-electron chi connectivity index (χ4n) is 4.58. The van der Waals surface area contributed by atoms with Crippen LogP contribution in [0.25, 0.3) is 0 Å². The summed E-state index contributed by atoms with van der Waals surface area (Å²) in [5, 5.41) is 1.77. The van der Waals surface area contributed by atoms with Crippen LogP contribution in [0.4, 0.5) is 18.0 Å². The Kier molecular flexibility index (Phi) is 11.0. The van der Waals surface area contributed by atoms with Crippen molar-refractivity contribution in [3.63, 3.8) is 0 Å². The van der Waals surface area contributed by atoms with Crippen LogP contribution in [0.5, 0.6) is 0 Å². The fraction of sp³-hybridized carbons (Fsp3) is 0.500. The lowest BCUT2D eigenvalue weighted by Crippen LogP contribution is -2.65. The van der Waals surface area contributed by atoms with Gasteiger partial charge in [-0.3, -0.25) is 9.69 Å². The first-order valence-corrected chi connectivity index (χ1v) is 16.9. The first-order chi connectivity index (χ1) is 19.6. The molecule has 0 spiro atoms. The van der Waals surface area contributed by atoms with Gasteiger partial charge in [-0.05, 0) is 29.3 Å². The fourth-order valence-corrected chi connectivity index (χ4v) is 5.95. The number of alkyl halides is 3. The van der Waals surface area contributed by atoms with Gasteiger partial charge in [0.1, 0.15) is 6.29 Å². The molecule has 1 heterocycles. The molecule has 1 aliphatic heterocycles. The molecule has 3 rings (SSSR count). The van der Waals surface area contributed by atoms with Crippen molar-refractivity contribution in [2.45, 2.75) is 76.7 Å². The normalized spacial score (nSPS) is 16.7. The molecule has 230 valence electrons. The van der Waals surface area contributed by atoms with Crippen molar-refractivity contribution in [3.05, 3.63) is 71.8 Å². The maximum Gasteiger partial charge on any atom is 0.471 e. The minimum atomic E-state index is -5.07. The highest BCUT2D eigenvalue weighted by Gasteiger charge is 2.45. The molecular formula is C30H41F3N4O4Si. The number of halogens is 3. The van der Waals surface area contributed by atoms with Crippen LogP contribution in [0, 0.1) is 0 Å². The van der Waals surface area contributed by atoms with Crippen LogP contribution in [0.3, 0.4) is 0 Å². The first kappa shape index (κ1) is 33.3. The quantitative estimate of drug-likeness (QED) is 0.260. The van der Waals surface area contributed by atoms with Crippen LogP contribution in [0.15, 0.2) is 60.7 Å². The zero-order valence-electron chi connectivity index (χ0n) is 24.9. The standard InChI is InChI=1S/C30H41F3N4O4Si/c1-29(2,3)42(4,5)41-26(16-17-38)25(18-34-27(39)30(31,32)33)37-21-35(19-23-12-8-6-9-13-23)28(40)36(22-37)20-24-14-10-7-11-15-24/h6-15,17,25-26H,16,18-22H2,1-5H3,(H,34,39)/t25-,26+/m0/s1. The van der Waals surface area contributed by atoms with Crippen molar-refractivity contribution < 1.29 is 32.0 Å². The Morgan fingerprint density at radius 3 is 1.83 bits per heavy atom. The highest BCUT2D eigenvalue weighted by atomic mass is 28.4. The van der Waals surface area contributed by atoms with Crippen molar-refractivity contribution >= 4 is 26.5 Å². The summed E-state index contributed by atoms with van der Waals surface area (Å²) < 4.78 is 46.3. The Bertz CT molecular complexity index is 1140. The number of hydrogen-bond donors (Lipinski definition) is 1. The van der Waals surface area contributed by atoms with E-state index in [0.29, 0.717) is 6.29 Å². The molecule has 8 nitrogen and oxygen atoms in total. The average molecular weight is 607 g/mol. The van der Waals surface area contributed by atoms with E-state index in [1.165, 1.54) is 0 Å². The van der Waals surface area contributed by atoms with Gasteiger partial charge in [-0.1, -0.05) is 81.4 Å². The first-order valence-electron chi connectivity index (χ1n) is 13.9. The molecule has 0 unspecified atom stereocenters. The maximum atomic E-state index is 13.7. The predicted molar refractivity (Wildman–Crippen MR) is 157 cm³/mol. The Labute approximate surface area is 246 Å². The van der Waals surface area contributed by atoms with E-state index in [-0.39, 0.29) is 43.9 Å². The van der Waals surface area contributed by atoms with Gasteiger partial charge >= 0.3 is 18.1 Å². The number of carbonyl (C=O) groups excluding carboxylic acids is 3. The van der Waals surface area contributed by atoms with Crippen LogP contribution in [0.2, 0.25) is 18.1 Å². The number of nitrogens with one attached hydrogen (secondary N) is 1.